The standard InChI is InChI=1S/C54H56N12O8S2/c1-71-33-31-55-49-59-51(63-53(61-49)65(45-21-13-7-14-22-45)37-39-17-9-5-10-18-39)57-43-29-27-41(47(35-43)75(67,68)73-3)25-26-42-28-30-44(36-48(42)76(69,70)74-4)58-52-60-50(56-32-34-72-2)62-54(64-52)66(46-23-15-8-16-24-46)38-40-19-11-6-12-20-40/h5-30,35-36H,31-34,37-38H2,1-4H3,(H2,55,57,59,61,63)(H2,56,58,60,62,64). The fourth-order valence-electron chi connectivity index (χ4n) is 7.62. The SMILES string of the molecule is COCCNc1nc(Nc2ccc(C=Cc3ccc(Nc4nc(NCCOC)nc(N(Cc5ccccc5)c5ccccc5)n4)cc3S(=O)(=O)OC)c(S(=O)(=O)OC)c2)nc(N(Cc2ccccc2)c2ccccc2)n1. The van der Waals surface area contributed by atoms with Gasteiger partial charge in [0.1, 0.15) is 9.79 Å². The van der Waals surface area contributed by atoms with E-state index < -0.39 is 20.2 Å². The van der Waals surface area contributed by atoms with Gasteiger partial charge in [-0.25, -0.2) is 0 Å². The number of aromatic nitrogens is 6. The number of nitrogens with one attached hydrogen (secondary N) is 4. The third-order valence-corrected chi connectivity index (χ3v) is 14.0. The van der Waals surface area contributed by atoms with Crippen LogP contribution in [0.4, 0.5) is 58.4 Å². The number of methoxy groups -OCH3 is 2. The van der Waals surface area contributed by atoms with Crippen molar-refractivity contribution in [3.63, 3.8) is 0 Å². The molecule has 0 saturated heterocycles. The topological polar surface area (TPSA) is 237 Å². The summed E-state index contributed by atoms with van der Waals surface area (Å²) in [5.41, 5.74) is 4.61. The summed E-state index contributed by atoms with van der Waals surface area (Å²) in [4.78, 5) is 31.8. The van der Waals surface area contributed by atoms with Gasteiger partial charge in [-0.3, -0.25) is 8.37 Å². The molecule has 4 N–H and O–H groups in total. The molecular weight excluding hydrogens is 1010 g/mol. The Bertz CT molecular complexity index is 3220. The molecule has 76 heavy (non-hydrogen) atoms. The molecule has 20 nitrogen and oxygen atoms in total. The highest BCUT2D eigenvalue weighted by Gasteiger charge is 2.23. The van der Waals surface area contributed by atoms with E-state index in [4.69, 9.17) is 37.8 Å². The molecule has 8 aromatic rings. The average Bonchev–Trinajstić information content (AvgIpc) is 3.45. The van der Waals surface area contributed by atoms with Gasteiger partial charge in [-0.2, -0.15) is 46.7 Å². The van der Waals surface area contributed by atoms with Crippen molar-refractivity contribution in [1.82, 2.24) is 29.9 Å². The Hall–Kier alpha value is -8.38. The predicted octanol–water partition coefficient (Wildman–Crippen LogP) is 9.18. The van der Waals surface area contributed by atoms with Crippen molar-refractivity contribution >= 4 is 90.8 Å². The molecule has 0 bridgehead atoms. The molecule has 0 spiro atoms. The van der Waals surface area contributed by atoms with Crippen LogP contribution >= 0.6 is 0 Å². The van der Waals surface area contributed by atoms with Gasteiger partial charge in [-0.15, -0.1) is 0 Å². The maximum atomic E-state index is 13.6. The Morgan fingerprint density at radius 2 is 0.803 bits per heavy atom. The van der Waals surface area contributed by atoms with E-state index in [1.165, 1.54) is 24.3 Å². The summed E-state index contributed by atoms with van der Waals surface area (Å²) in [6, 6.07) is 48.2. The largest absolute Gasteiger partial charge is 0.383 e. The summed E-state index contributed by atoms with van der Waals surface area (Å²) in [5.74, 6) is 1.34. The van der Waals surface area contributed by atoms with Crippen LogP contribution in [0.2, 0.25) is 0 Å². The van der Waals surface area contributed by atoms with Crippen molar-refractivity contribution in [2.45, 2.75) is 22.9 Å². The normalized spacial score (nSPS) is 11.6. The zero-order chi connectivity index (χ0) is 53.3. The highest BCUT2D eigenvalue weighted by molar-refractivity contribution is 7.87. The van der Waals surface area contributed by atoms with E-state index in [-0.39, 0.29) is 44.7 Å². The van der Waals surface area contributed by atoms with Gasteiger partial charge in [0.25, 0.3) is 20.2 Å². The van der Waals surface area contributed by atoms with Crippen molar-refractivity contribution in [3.05, 3.63) is 180 Å². The van der Waals surface area contributed by atoms with Gasteiger partial charge in [0, 0.05) is 50.1 Å². The zero-order valence-corrected chi connectivity index (χ0v) is 43.7. The average molecular weight is 1070 g/mol. The van der Waals surface area contributed by atoms with E-state index in [2.05, 4.69) is 31.2 Å². The molecule has 0 aliphatic rings. The lowest BCUT2D eigenvalue weighted by Crippen LogP contribution is -2.21. The second-order valence-electron chi connectivity index (χ2n) is 16.5. The van der Waals surface area contributed by atoms with E-state index in [1.807, 2.05) is 131 Å². The first kappa shape index (κ1) is 53.9. The van der Waals surface area contributed by atoms with Gasteiger partial charge < -0.3 is 40.5 Å². The van der Waals surface area contributed by atoms with Crippen molar-refractivity contribution in [3.8, 4) is 0 Å². The lowest BCUT2D eigenvalue weighted by molar-refractivity contribution is 0.210. The van der Waals surface area contributed by atoms with E-state index in [1.54, 1.807) is 38.5 Å². The molecule has 0 aliphatic carbocycles. The summed E-state index contributed by atoms with van der Waals surface area (Å²) >= 11 is 0. The number of anilines is 10. The molecule has 0 fully saturated rings. The van der Waals surface area contributed by atoms with Crippen LogP contribution in [-0.2, 0) is 51.2 Å². The Balaban J connectivity index is 1.12. The van der Waals surface area contributed by atoms with Gasteiger partial charge in [-0.1, -0.05) is 121 Å². The predicted molar refractivity (Wildman–Crippen MR) is 295 cm³/mol. The van der Waals surface area contributed by atoms with Crippen LogP contribution in [0.1, 0.15) is 22.3 Å². The quantitative estimate of drug-likeness (QED) is 0.0225. The number of rotatable bonds is 26. The number of para-hydroxylation sites is 2. The minimum atomic E-state index is -4.37. The molecule has 0 amide bonds. The lowest BCUT2D eigenvalue weighted by Gasteiger charge is -2.24. The maximum Gasteiger partial charge on any atom is 0.297 e. The van der Waals surface area contributed by atoms with Crippen molar-refractivity contribution < 1.29 is 34.7 Å². The minimum absolute atomic E-state index is 0.110. The van der Waals surface area contributed by atoms with Gasteiger partial charge >= 0.3 is 0 Å². The first-order valence-electron chi connectivity index (χ1n) is 23.8. The summed E-state index contributed by atoms with van der Waals surface area (Å²) in [6.45, 7) is 2.39. The number of benzene rings is 6. The number of ether oxygens (including phenoxy) is 2. The molecule has 0 radical (unpaired) electrons. The molecule has 0 saturated carbocycles. The highest BCUT2D eigenvalue weighted by Crippen LogP contribution is 2.32. The van der Waals surface area contributed by atoms with Gasteiger partial charge in [0.2, 0.25) is 35.7 Å². The third-order valence-electron chi connectivity index (χ3n) is 11.4. The van der Waals surface area contributed by atoms with Crippen LogP contribution in [0.25, 0.3) is 12.2 Å². The molecule has 2 aromatic heterocycles. The van der Waals surface area contributed by atoms with Crippen molar-refractivity contribution in [2.24, 2.45) is 0 Å². The number of nitrogens with zero attached hydrogens (tertiary/aromatic N) is 8. The minimum Gasteiger partial charge on any atom is -0.383 e. The Morgan fingerprint density at radius 1 is 0.447 bits per heavy atom. The molecule has 2 heterocycles. The van der Waals surface area contributed by atoms with Gasteiger partial charge in [0.05, 0.1) is 40.5 Å². The third kappa shape index (κ3) is 14.3. The van der Waals surface area contributed by atoms with Crippen LogP contribution in [-0.4, -0.2) is 101 Å². The zero-order valence-electron chi connectivity index (χ0n) is 42.1. The van der Waals surface area contributed by atoms with Gasteiger partial charge in [-0.05, 0) is 70.8 Å². The Kier molecular flexibility index (Phi) is 18.2. The summed E-state index contributed by atoms with van der Waals surface area (Å²) in [6.07, 6.45) is 2.93. The monoisotopic (exact) mass is 1060 g/mol. The highest BCUT2D eigenvalue weighted by atomic mass is 32.2. The van der Waals surface area contributed by atoms with E-state index in [0.717, 1.165) is 36.7 Å². The van der Waals surface area contributed by atoms with Crippen LogP contribution in [0.15, 0.2) is 168 Å². The smallest absolute Gasteiger partial charge is 0.297 e. The summed E-state index contributed by atoms with van der Waals surface area (Å²) < 4.78 is 75.1. The molecule has 8 rings (SSSR count). The van der Waals surface area contributed by atoms with E-state index >= 15 is 0 Å². The van der Waals surface area contributed by atoms with Crippen LogP contribution in [0.3, 0.4) is 0 Å². The summed E-state index contributed by atoms with van der Waals surface area (Å²) in [5, 5.41) is 12.7. The lowest BCUT2D eigenvalue weighted by atomic mass is 10.1. The molecule has 0 atom stereocenters. The Morgan fingerprint density at radius 3 is 1.16 bits per heavy atom. The maximum absolute atomic E-state index is 13.6. The molecule has 0 aliphatic heterocycles. The van der Waals surface area contributed by atoms with Crippen LogP contribution in [0, 0.1) is 0 Å². The molecule has 22 heteroatoms. The van der Waals surface area contributed by atoms with Crippen molar-refractivity contribution in [2.75, 3.05) is 85.8 Å². The van der Waals surface area contributed by atoms with E-state index in [9.17, 15) is 16.8 Å². The second-order valence-corrected chi connectivity index (χ2v) is 19.9. The Labute approximate surface area is 442 Å². The molecule has 392 valence electrons. The van der Waals surface area contributed by atoms with Gasteiger partial charge in [0.15, 0.2) is 0 Å². The molecule has 6 aromatic carbocycles. The fourth-order valence-corrected chi connectivity index (χ4v) is 9.37. The summed E-state index contributed by atoms with van der Waals surface area (Å²) in [7, 11) is -3.46. The van der Waals surface area contributed by atoms with Crippen molar-refractivity contribution in [1.29, 1.82) is 0 Å². The number of hydrogen-bond acceptors (Lipinski definition) is 20. The number of hydrogen-bond donors (Lipinski definition) is 4. The second kappa shape index (κ2) is 25.7. The van der Waals surface area contributed by atoms with Crippen LogP contribution in [0.5, 0.6) is 0 Å². The first-order chi connectivity index (χ1) is 36.9. The fraction of sp³-hybridized carbons (Fsp3) is 0.185. The first-order valence-corrected chi connectivity index (χ1v) is 26.6. The van der Waals surface area contributed by atoms with E-state index in [0.29, 0.717) is 62.7 Å². The molecule has 0 unspecified atom stereocenters. The molecular formula is C54H56N12O8S2. The van der Waals surface area contributed by atoms with Crippen LogP contribution < -0.4 is 31.1 Å².